The summed E-state index contributed by atoms with van der Waals surface area (Å²) in [5.41, 5.74) is 2.45. The average Bonchev–Trinajstić information content (AvgIpc) is 2.22. The Morgan fingerprint density at radius 3 is 1.62 bits per heavy atom. The summed E-state index contributed by atoms with van der Waals surface area (Å²) in [6.45, 7) is 7.76. The van der Waals surface area contributed by atoms with Crippen LogP contribution in [-0.4, -0.2) is 0 Å². The molecule has 0 aliphatic carbocycles. The molecular weight excluding hydrogens is 467 g/mol. The quantitative estimate of drug-likeness (QED) is 0.347. The van der Waals surface area contributed by atoms with Crippen molar-refractivity contribution in [3.05, 3.63) is 34.2 Å². The molecule has 93 valence electrons. The predicted octanol–water partition coefficient (Wildman–Crippen LogP) is 6.13. The third-order valence-corrected chi connectivity index (χ3v) is 1.53. The summed E-state index contributed by atoms with van der Waals surface area (Å²) in [5.74, 6) is 0. The van der Waals surface area contributed by atoms with E-state index < -0.39 is 0 Å². The number of rotatable bonds is 1. The van der Waals surface area contributed by atoms with Crippen molar-refractivity contribution in [3.63, 3.8) is 0 Å². The van der Waals surface area contributed by atoms with E-state index in [1.807, 2.05) is 45.9 Å². The second-order valence-corrected chi connectivity index (χ2v) is 14.2. The second kappa shape index (κ2) is 15.9. The molecule has 2 nitrogen and oxygen atoms in total. The normalized spacial score (nSPS) is 7.12. The van der Waals surface area contributed by atoms with Crippen LogP contribution in [0.5, 0.6) is 0 Å². The van der Waals surface area contributed by atoms with Gasteiger partial charge in [-0.3, -0.25) is 0 Å². The van der Waals surface area contributed by atoms with Gasteiger partial charge in [-0.2, -0.15) is 0 Å². The van der Waals surface area contributed by atoms with Crippen LogP contribution in [0.3, 0.4) is 0 Å². The Hall–Kier alpha value is 0.864. The van der Waals surface area contributed by atoms with Gasteiger partial charge in [-0.05, 0) is 30.2 Å². The van der Waals surface area contributed by atoms with Crippen molar-refractivity contribution >= 4 is 45.6 Å². The molecular formula is C11H19I2NOV. The Bertz CT molecular complexity index is 262. The zero-order chi connectivity index (χ0) is 12.3. The molecule has 0 N–H and O–H groups in total. The summed E-state index contributed by atoms with van der Waals surface area (Å²) >= 11 is 4.74. The van der Waals surface area contributed by atoms with Crippen LogP contribution in [0.4, 0.5) is 5.69 Å². The molecule has 0 radical (unpaired) electrons. The first-order valence-corrected chi connectivity index (χ1v) is 13.5. The first kappa shape index (κ1) is 22.1. The van der Waals surface area contributed by atoms with Gasteiger partial charge in [0.25, 0.3) is 0 Å². The molecule has 0 saturated carbocycles. The summed E-state index contributed by atoms with van der Waals surface area (Å²) in [4.78, 5) is 10.2. The van der Waals surface area contributed by atoms with Crippen molar-refractivity contribution in [1.29, 1.82) is 0 Å². The first-order valence-electron chi connectivity index (χ1n) is 4.49. The Labute approximate surface area is 128 Å². The molecule has 1 aromatic carbocycles. The molecule has 0 fully saturated rings. The van der Waals surface area contributed by atoms with Gasteiger partial charge in [0.05, 0.1) is 0 Å². The van der Waals surface area contributed by atoms with Crippen LogP contribution in [0.25, 0.3) is 0 Å². The minimum atomic E-state index is 0. The number of hydrogen-bond acceptors (Lipinski definition) is 2. The first-order chi connectivity index (χ1) is 7.17. The van der Waals surface area contributed by atoms with Crippen LogP contribution in [-0.2, 0) is 9.47 Å². The SMILES string of the molecule is C.CC.Cc1cccc(C)c1N=O.[I][V][I]. The van der Waals surface area contributed by atoms with Crippen molar-refractivity contribution in [2.45, 2.75) is 35.1 Å². The van der Waals surface area contributed by atoms with Gasteiger partial charge in [-0.1, -0.05) is 39.5 Å². The summed E-state index contributed by atoms with van der Waals surface area (Å²) in [7, 11) is 0.628. The Kier molecular flexibility index (Phi) is 21.9. The maximum atomic E-state index is 10.2. The van der Waals surface area contributed by atoms with E-state index >= 15 is 0 Å². The van der Waals surface area contributed by atoms with E-state index in [0.29, 0.717) is 15.2 Å². The number of halogens is 2. The molecule has 0 heterocycles. The third kappa shape index (κ3) is 10.0. The zero-order valence-electron chi connectivity index (χ0n) is 9.29. The monoisotopic (exact) mass is 486 g/mol. The van der Waals surface area contributed by atoms with Gasteiger partial charge in [0.15, 0.2) is 0 Å². The number of nitroso groups, excluding NO2 is 1. The molecule has 0 amide bonds. The predicted molar refractivity (Wildman–Crippen MR) is 87.5 cm³/mol. The summed E-state index contributed by atoms with van der Waals surface area (Å²) in [5, 5.41) is 2.92. The third-order valence-electron chi connectivity index (χ3n) is 1.53. The zero-order valence-corrected chi connectivity index (χ0v) is 15.0. The van der Waals surface area contributed by atoms with E-state index in [1.165, 1.54) is 0 Å². The molecule has 1 rings (SSSR count). The number of nitrogens with zero attached hydrogens (tertiary/aromatic N) is 1. The Balaban J connectivity index is -0.000000246. The number of hydrogen-bond donors (Lipinski definition) is 0. The summed E-state index contributed by atoms with van der Waals surface area (Å²) in [6, 6.07) is 5.67. The molecule has 0 saturated heterocycles. The van der Waals surface area contributed by atoms with Crippen LogP contribution < -0.4 is 0 Å². The summed E-state index contributed by atoms with van der Waals surface area (Å²) < 4.78 is 0. The molecule has 0 atom stereocenters. The fourth-order valence-electron chi connectivity index (χ4n) is 0.950. The van der Waals surface area contributed by atoms with Gasteiger partial charge < -0.3 is 0 Å². The fraction of sp³-hybridized carbons (Fsp3) is 0.455. The molecule has 0 spiro atoms. The van der Waals surface area contributed by atoms with Crippen molar-refractivity contribution < 1.29 is 9.47 Å². The van der Waals surface area contributed by atoms with Crippen molar-refractivity contribution in [2.24, 2.45) is 5.18 Å². The van der Waals surface area contributed by atoms with Gasteiger partial charge in [-0.25, -0.2) is 0 Å². The van der Waals surface area contributed by atoms with E-state index in [1.54, 1.807) is 0 Å². The van der Waals surface area contributed by atoms with Gasteiger partial charge in [0.2, 0.25) is 0 Å². The van der Waals surface area contributed by atoms with Gasteiger partial charge >= 0.3 is 49.4 Å². The molecule has 0 aliphatic heterocycles. The van der Waals surface area contributed by atoms with E-state index in [9.17, 15) is 4.91 Å². The molecule has 16 heavy (non-hydrogen) atoms. The molecule has 0 bridgehead atoms. The van der Waals surface area contributed by atoms with E-state index in [-0.39, 0.29) is 7.43 Å². The standard InChI is InChI=1S/C8H9NO.C2H6.CH4.2HI.V/c1-6-4-3-5-7(2)8(6)9-10;1-2;;;;/h3-5H,1-2H3;1-2H3;1H4;2*1H;/q;;;;;+2/p-2. The maximum absolute atomic E-state index is 10.2. The average molecular weight is 486 g/mol. The topological polar surface area (TPSA) is 29.4 Å². The van der Waals surface area contributed by atoms with Crippen LogP contribution in [0.2, 0.25) is 0 Å². The van der Waals surface area contributed by atoms with Crippen molar-refractivity contribution in [3.8, 4) is 0 Å². The Morgan fingerprint density at radius 2 is 1.44 bits per heavy atom. The number of benzene rings is 1. The van der Waals surface area contributed by atoms with Gasteiger partial charge in [0.1, 0.15) is 5.69 Å². The van der Waals surface area contributed by atoms with Crippen molar-refractivity contribution in [2.75, 3.05) is 0 Å². The minimum absolute atomic E-state index is 0. The van der Waals surface area contributed by atoms with E-state index in [4.69, 9.17) is 0 Å². The number of aryl methyl sites for hydroxylation is 2. The van der Waals surface area contributed by atoms with Gasteiger partial charge in [-0.15, -0.1) is 4.91 Å². The van der Waals surface area contributed by atoms with E-state index in [0.717, 1.165) is 11.1 Å². The van der Waals surface area contributed by atoms with Crippen LogP contribution >= 0.6 is 40.0 Å². The Morgan fingerprint density at radius 1 is 1.12 bits per heavy atom. The molecule has 0 aromatic heterocycles. The van der Waals surface area contributed by atoms with E-state index in [2.05, 4.69) is 45.1 Å². The van der Waals surface area contributed by atoms with Crippen LogP contribution in [0.15, 0.2) is 23.4 Å². The van der Waals surface area contributed by atoms with Gasteiger partial charge in [0, 0.05) is 0 Å². The fourth-order valence-corrected chi connectivity index (χ4v) is 0.950. The summed E-state index contributed by atoms with van der Waals surface area (Å²) in [6.07, 6.45) is 0. The second-order valence-electron chi connectivity index (χ2n) is 2.40. The molecule has 0 unspecified atom stereocenters. The molecule has 1 aromatic rings. The van der Waals surface area contributed by atoms with Crippen LogP contribution in [0, 0.1) is 18.8 Å². The van der Waals surface area contributed by atoms with Crippen molar-refractivity contribution in [1.82, 2.24) is 0 Å². The van der Waals surface area contributed by atoms with Crippen LogP contribution in [0.1, 0.15) is 32.4 Å². The molecule has 0 aliphatic rings. The molecule has 5 heteroatoms.